The minimum Gasteiger partial charge on any atom is -0.351 e. The number of rotatable bonds is 6. The largest absolute Gasteiger partial charge is 0.351 e. The zero-order valence-electron chi connectivity index (χ0n) is 11.7. The molecule has 0 fully saturated rings. The number of aryl methyl sites for hydroxylation is 1. The summed E-state index contributed by atoms with van der Waals surface area (Å²) in [6, 6.07) is 9.86. The van der Waals surface area contributed by atoms with Crippen LogP contribution < -0.4 is 5.32 Å². The first-order valence-corrected chi connectivity index (χ1v) is 7.52. The van der Waals surface area contributed by atoms with Gasteiger partial charge in [-0.25, -0.2) is 0 Å². The second-order valence-electron chi connectivity index (χ2n) is 4.33. The molecule has 0 aliphatic rings. The normalized spacial score (nSPS) is 10.5. The number of hydrogen-bond acceptors (Lipinski definition) is 4. The third kappa shape index (κ3) is 3.84. The van der Waals surface area contributed by atoms with Gasteiger partial charge in [-0.15, -0.1) is 10.2 Å². The lowest BCUT2D eigenvalue weighted by Gasteiger charge is -2.06. The molecule has 0 saturated heterocycles. The topological polar surface area (TPSA) is 59.8 Å². The quantitative estimate of drug-likeness (QED) is 0.827. The van der Waals surface area contributed by atoms with Crippen LogP contribution in [0.5, 0.6) is 0 Å². The minimum atomic E-state index is 0.00200. The van der Waals surface area contributed by atoms with Gasteiger partial charge in [-0.2, -0.15) is 0 Å². The fraction of sp³-hybridized carbons (Fsp3) is 0.357. The van der Waals surface area contributed by atoms with Crippen molar-refractivity contribution in [2.45, 2.75) is 32.1 Å². The van der Waals surface area contributed by atoms with Crippen molar-refractivity contribution in [2.24, 2.45) is 0 Å². The molecule has 5 nitrogen and oxygen atoms in total. The van der Waals surface area contributed by atoms with Gasteiger partial charge < -0.3 is 9.88 Å². The van der Waals surface area contributed by atoms with Crippen molar-refractivity contribution in [3.05, 3.63) is 41.7 Å². The first-order valence-electron chi connectivity index (χ1n) is 6.54. The van der Waals surface area contributed by atoms with Gasteiger partial charge in [0, 0.05) is 13.1 Å². The van der Waals surface area contributed by atoms with E-state index in [1.807, 2.05) is 48.7 Å². The van der Waals surface area contributed by atoms with E-state index in [1.165, 1.54) is 11.8 Å². The van der Waals surface area contributed by atoms with Gasteiger partial charge in [0.05, 0.1) is 5.75 Å². The van der Waals surface area contributed by atoms with E-state index in [4.69, 9.17) is 0 Å². The summed E-state index contributed by atoms with van der Waals surface area (Å²) < 4.78 is 2.00. The van der Waals surface area contributed by atoms with E-state index < -0.39 is 0 Å². The summed E-state index contributed by atoms with van der Waals surface area (Å²) in [5.74, 6) is 1.23. The van der Waals surface area contributed by atoms with Crippen molar-refractivity contribution in [1.82, 2.24) is 20.1 Å². The van der Waals surface area contributed by atoms with Crippen molar-refractivity contribution >= 4 is 17.7 Å². The molecule has 0 spiro atoms. The van der Waals surface area contributed by atoms with Gasteiger partial charge in [-0.05, 0) is 19.4 Å². The Morgan fingerprint density at radius 1 is 1.30 bits per heavy atom. The summed E-state index contributed by atoms with van der Waals surface area (Å²) in [6.45, 7) is 5.32. The van der Waals surface area contributed by atoms with Gasteiger partial charge in [0.1, 0.15) is 5.82 Å². The van der Waals surface area contributed by atoms with E-state index in [0.717, 1.165) is 23.1 Å². The maximum Gasteiger partial charge on any atom is 0.230 e. The average Bonchev–Trinajstić information content (AvgIpc) is 2.84. The van der Waals surface area contributed by atoms with E-state index in [9.17, 15) is 4.79 Å². The number of benzene rings is 1. The lowest BCUT2D eigenvalue weighted by Crippen LogP contribution is -2.24. The number of carbonyl (C=O) groups is 1. The molecule has 1 amide bonds. The molecule has 0 aliphatic carbocycles. The maximum atomic E-state index is 11.8. The molecule has 2 rings (SSSR count). The summed E-state index contributed by atoms with van der Waals surface area (Å²) >= 11 is 1.41. The van der Waals surface area contributed by atoms with E-state index in [2.05, 4.69) is 15.5 Å². The van der Waals surface area contributed by atoms with Crippen molar-refractivity contribution in [2.75, 3.05) is 5.75 Å². The maximum absolute atomic E-state index is 11.8. The van der Waals surface area contributed by atoms with Gasteiger partial charge in [-0.1, -0.05) is 42.1 Å². The molecule has 0 unspecified atom stereocenters. The zero-order valence-corrected chi connectivity index (χ0v) is 12.5. The van der Waals surface area contributed by atoms with Crippen molar-refractivity contribution in [3.63, 3.8) is 0 Å². The predicted octanol–water partition coefficient (Wildman–Crippen LogP) is 2.01. The van der Waals surface area contributed by atoms with E-state index in [1.54, 1.807) is 0 Å². The summed E-state index contributed by atoms with van der Waals surface area (Å²) in [6.07, 6.45) is 0. The van der Waals surface area contributed by atoms with Crippen molar-refractivity contribution in [1.29, 1.82) is 0 Å². The summed E-state index contributed by atoms with van der Waals surface area (Å²) in [5.41, 5.74) is 1.10. The van der Waals surface area contributed by atoms with Crippen LogP contribution in [0.4, 0.5) is 0 Å². The molecule has 0 saturated carbocycles. The van der Waals surface area contributed by atoms with Crippen LogP contribution in [0.1, 0.15) is 18.3 Å². The van der Waals surface area contributed by atoms with Crippen molar-refractivity contribution < 1.29 is 4.79 Å². The van der Waals surface area contributed by atoms with Crippen LogP contribution in [-0.2, 0) is 17.9 Å². The summed E-state index contributed by atoms with van der Waals surface area (Å²) in [4.78, 5) is 11.8. The number of nitrogens with zero attached hydrogens (tertiary/aromatic N) is 3. The Balaban J connectivity index is 1.80. The Hall–Kier alpha value is -1.82. The molecule has 6 heteroatoms. The second kappa shape index (κ2) is 7.09. The third-order valence-electron chi connectivity index (χ3n) is 2.88. The average molecular weight is 290 g/mol. The molecule has 1 aromatic carbocycles. The SMILES string of the molecule is CCn1c(C)nnc1SCC(=O)NCc1ccccc1. The molecule has 1 heterocycles. The number of nitrogens with one attached hydrogen (secondary N) is 1. The van der Waals surface area contributed by atoms with E-state index >= 15 is 0 Å². The molecular weight excluding hydrogens is 272 g/mol. The van der Waals surface area contributed by atoms with Gasteiger partial charge in [0.25, 0.3) is 0 Å². The number of hydrogen-bond donors (Lipinski definition) is 1. The Kier molecular flexibility index (Phi) is 5.17. The third-order valence-corrected chi connectivity index (χ3v) is 3.85. The molecule has 1 aromatic heterocycles. The fourth-order valence-corrected chi connectivity index (χ4v) is 2.69. The van der Waals surface area contributed by atoms with Crippen LogP contribution in [0.3, 0.4) is 0 Å². The molecule has 0 aliphatic heterocycles. The Morgan fingerprint density at radius 2 is 2.05 bits per heavy atom. The monoisotopic (exact) mass is 290 g/mol. The molecule has 0 atom stereocenters. The first-order chi connectivity index (χ1) is 9.70. The number of aromatic nitrogens is 3. The molecule has 106 valence electrons. The van der Waals surface area contributed by atoms with Gasteiger partial charge in [-0.3, -0.25) is 4.79 Å². The highest BCUT2D eigenvalue weighted by molar-refractivity contribution is 7.99. The number of thioether (sulfide) groups is 1. The minimum absolute atomic E-state index is 0.00200. The molecule has 0 bridgehead atoms. The summed E-state index contributed by atoms with van der Waals surface area (Å²) in [5, 5.41) is 11.8. The number of carbonyl (C=O) groups excluding carboxylic acids is 1. The highest BCUT2D eigenvalue weighted by atomic mass is 32.2. The predicted molar refractivity (Wildman–Crippen MR) is 79.4 cm³/mol. The highest BCUT2D eigenvalue weighted by Gasteiger charge is 2.10. The summed E-state index contributed by atoms with van der Waals surface area (Å²) in [7, 11) is 0. The Labute approximate surface area is 122 Å². The Morgan fingerprint density at radius 3 is 2.75 bits per heavy atom. The fourth-order valence-electron chi connectivity index (χ4n) is 1.81. The molecule has 2 aromatic rings. The second-order valence-corrected chi connectivity index (χ2v) is 5.27. The van der Waals surface area contributed by atoms with Crippen LogP contribution in [0, 0.1) is 6.92 Å². The van der Waals surface area contributed by atoms with Crippen LogP contribution >= 0.6 is 11.8 Å². The lowest BCUT2D eigenvalue weighted by atomic mass is 10.2. The number of amides is 1. The molecule has 20 heavy (non-hydrogen) atoms. The lowest BCUT2D eigenvalue weighted by molar-refractivity contribution is -0.118. The molecular formula is C14H18N4OS. The Bertz CT molecular complexity index is 568. The molecule has 0 radical (unpaired) electrons. The van der Waals surface area contributed by atoms with Gasteiger partial charge in [0.2, 0.25) is 5.91 Å². The van der Waals surface area contributed by atoms with Gasteiger partial charge in [0.15, 0.2) is 5.16 Å². The van der Waals surface area contributed by atoms with Crippen LogP contribution in [0.15, 0.2) is 35.5 Å². The van der Waals surface area contributed by atoms with Gasteiger partial charge >= 0.3 is 0 Å². The van der Waals surface area contributed by atoms with Crippen LogP contribution in [0.25, 0.3) is 0 Å². The molecule has 1 N–H and O–H groups in total. The standard InChI is InChI=1S/C14H18N4OS/c1-3-18-11(2)16-17-14(18)20-10-13(19)15-9-12-7-5-4-6-8-12/h4-8H,3,9-10H2,1-2H3,(H,15,19). The van der Waals surface area contributed by atoms with Crippen LogP contribution in [-0.4, -0.2) is 26.4 Å². The van der Waals surface area contributed by atoms with Crippen LogP contribution in [0.2, 0.25) is 0 Å². The smallest absolute Gasteiger partial charge is 0.230 e. The zero-order chi connectivity index (χ0) is 14.4. The van der Waals surface area contributed by atoms with Crippen molar-refractivity contribution in [3.8, 4) is 0 Å². The van der Waals surface area contributed by atoms with E-state index in [-0.39, 0.29) is 5.91 Å². The first kappa shape index (κ1) is 14.6. The van der Waals surface area contributed by atoms with E-state index in [0.29, 0.717) is 12.3 Å². The highest BCUT2D eigenvalue weighted by Crippen LogP contribution is 2.16.